The summed E-state index contributed by atoms with van der Waals surface area (Å²) in [6.45, 7) is -1.51. The Bertz CT molecular complexity index is 367. The maximum absolute atomic E-state index is 12.3. The van der Waals surface area contributed by atoms with Crippen molar-refractivity contribution in [2.24, 2.45) is 5.73 Å². The number of amides is 1. The van der Waals surface area contributed by atoms with E-state index < -0.39 is 18.6 Å². The molecular formula is C10H12F3N3O. The molecule has 0 aliphatic carbocycles. The average Bonchev–Trinajstić information content (AvgIpc) is 2.27. The van der Waals surface area contributed by atoms with Gasteiger partial charge in [-0.3, -0.25) is 9.78 Å². The van der Waals surface area contributed by atoms with E-state index in [9.17, 15) is 18.0 Å². The highest BCUT2D eigenvalue weighted by Gasteiger charge is 2.33. The molecule has 0 bridgehead atoms. The lowest BCUT2D eigenvalue weighted by molar-refractivity contribution is -0.140. The third-order valence-corrected chi connectivity index (χ3v) is 1.94. The van der Waals surface area contributed by atoms with E-state index in [1.807, 2.05) is 0 Å². The smallest absolute Gasteiger partial charge is 0.329 e. The molecule has 0 spiro atoms. The standard InChI is InChI=1S/C10H12F3N3O/c11-10(12,13)7-16(6-4-14)9(17)8-3-1-2-5-15-8/h1-3,5H,4,6-7,14H2. The van der Waals surface area contributed by atoms with Gasteiger partial charge in [-0.2, -0.15) is 13.2 Å². The molecule has 0 radical (unpaired) electrons. The molecule has 0 unspecified atom stereocenters. The topological polar surface area (TPSA) is 59.2 Å². The molecule has 1 aromatic rings. The van der Waals surface area contributed by atoms with Crippen molar-refractivity contribution < 1.29 is 18.0 Å². The monoisotopic (exact) mass is 247 g/mol. The number of carbonyl (C=O) groups is 1. The van der Waals surface area contributed by atoms with Crippen LogP contribution in [0.3, 0.4) is 0 Å². The molecule has 0 fully saturated rings. The molecule has 1 rings (SSSR count). The van der Waals surface area contributed by atoms with Gasteiger partial charge in [0.05, 0.1) is 0 Å². The average molecular weight is 247 g/mol. The number of nitrogens with zero attached hydrogens (tertiary/aromatic N) is 2. The van der Waals surface area contributed by atoms with Gasteiger partial charge in [0.15, 0.2) is 0 Å². The first-order valence-corrected chi connectivity index (χ1v) is 4.91. The lowest BCUT2D eigenvalue weighted by Gasteiger charge is -2.22. The van der Waals surface area contributed by atoms with Gasteiger partial charge in [0.2, 0.25) is 0 Å². The van der Waals surface area contributed by atoms with E-state index in [1.165, 1.54) is 18.3 Å². The number of halogens is 3. The van der Waals surface area contributed by atoms with Gasteiger partial charge in [-0.1, -0.05) is 6.07 Å². The molecule has 1 aromatic heterocycles. The lowest BCUT2D eigenvalue weighted by Crippen LogP contribution is -2.42. The Balaban J connectivity index is 2.81. The van der Waals surface area contributed by atoms with Crippen LogP contribution in [0.25, 0.3) is 0 Å². The zero-order valence-electron chi connectivity index (χ0n) is 8.94. The number of hydrogen-bond donors (Lipinski definition) is 1. The van der Waals surface area contributed by atoms with Crippen molar-refractivity contribution in [1.82, 2.24) is 9.88 Å². The van der Waals surface area contributed by atoms with Crippen LogP contribution < -0.4 is 5.73 Å². The first-order chi connectivity index (χ1) is 7.94. The molecule has 0 aromatic carbocycles. The predicted octanol–water partition coefficient (Wildman–Crippen LogP) is 1.04. The van der Waals surface area contributed by atoms with Gasteiger partial charge in [0.25, 0.3) is 5.91 Å². The Morgan fingerprint density at radius 2 is 2.12 bits per heavy atom. The summed E-state index contributed by atoms with van der Waals surface area (Å²) in [5.74, 6) is -0.770. The van der Waals surface area contributed by atoms with E-state index >= 15 is 0 Å². The van der Waals surface area contributed by atoms with Gasteiger partial charge in [-0.05, 0) is 12.1 Å². The fraction of sp³-hybridized carbons (Fsp3) is 0.400. The maximum atomic E-state index is 12.3. The van der Waals surface area contributed by atoms with Crippen molar-refractivity contribution >= 4 is 5.91 Å². The van der Waals surface area contributed by atoms with E-state index in [4.69, 9.17) is 5.73 Å². The summed E-state index contributed by atoms with van der Waals surface area (Å²) in [7, 11) is 0. The third-order valence-electron chi connectivity index (χ3n) is 1.94. The molecule has 1 amide bonds. The Morgan fingerprint density at radius 1 is 1.41 bits per heavy atom. The molecule has 0 aliphatic rings. The van der Waals surface area contributed by atoms with Gasteiger partial charge in [0, 0.05) is 19.3 Å². The zero-order chi connectivity index (χ0) is 12.9. The molecule has 2 N–H and O–H groups in total. The Hall–Kier alpha value is -1.63. The Morgan fingerprint density at radius 3 is 2.59 bits per heavy atom. The molecule has 1 heterocycles. The highest BCUT2D eigenvalue weighted by atomic mass is 19.4. The number of nitrogens with two attached hydrogens (primary N) is 1. The minimum Gasteiger partial charge on any atom is -0.329 e. The molecule has 7 heteroatoms. The van der Waals surface area contributed by atoms with Crippen molar-refractivity contribution in [2.75, 3.05) is 19.6 Å². The van der Waals surface area contributed by atoms with Crippen LogP contribution >= 0.6 is 0 Å². The fourth-order valence-corrected chi connectivity index (χ4v) is 1.28. The number of rotatable bonds is 4. The minimum atomic E-state index is -4.44. The summed E-state index contributed by atoms with van der Waals surface area (Å²) < 4.78 is 36.8. The van der Waals surface area contributed by atoms with Crippen molar-refractivity contribution in [3.63, 3.8) is 0 Å². The summed E-state index contributed by atoms with van der Waals surface area (Å²) in [4.78, 5) is 16.1. The van der Waals surface area contributed by atoms with Gasteiger partial charge in [0.1, 0.15) is 12.2 Å². The molecule has 17 heavy (non-hydrogen) atoms. The first-order valence-electron chi connectivity index (χ1n) is 4.91. The normalized spacial score (nSPS) is 11.3. The van der Waals surface area contributed by atoms with E-state index in [2.05, 4.69) is 4.98 Å². The number of pyridine rings is 1. The molecule has 0 aliphatic heterocycles. The highest BCUT2D eigenvalue weighted by Crippen LogP contribution is 2.17. The second kappa shape index (κ2) is 5.62. The van der Waals surface area contributed by atoms with Crippen LogP contribution in [0.1, 0.15) is 10.5 Å². The highest BCUT2D eigenvalue weighted by molar-refractivity contribution is 5.92. The SMILES string of the molecule is NCCN(CC(F)(F)F)C(=O)c1ccccn1. The molecule has 4 nitrogen and oxygen atoms in total. The Labute approximate surface area is 96.2 Å². The summed E-state index contributed by atoms with van der Waals surface area (Å²) in [6, 6.07) is 4.48. The third kappa shape index (κ3) is 4.39. The van der Waals surface area contributed by atoms with E-state index in [-0.39, 0.29) is 18.8 Å². The number of alkyl halides is 3. The van der Waals surface area contributed by atoms with E-state index in [0.29, 0.717) is 4.90 Å². The van der Waals surface area contributed by atoms with Gasteiger partial charge < -0.3 is 10.6 Å². The van der Waals surface area contributed by atoms with Crippen molar-refractivity contribution in [2.45, 2.75) is 6.18 Å². The first kappa shape index (κ1) is 13.4. The molecule has 0 saturated carbocycles. The number of carbonyl (C=O) groups excluding carboxylic acids is 1. The largest absolute Gasteiger partial charge is 0.406 e. The number of hydrogen-bond acceptors (Lipinski definition) is 3. The summed E-state index contributed by atoms with van der Waals surface area (Å²) in [5, 5.41) is 0. The van der Waals surface area contributed by atoms with E-state index in [1.54, 1.807) is 6.07 Å². The Kier molecular flexibility index (Phi) is 4.45. The summed E-state index contributed by atoms with van der Waals surface area (Å²) in [5.41, 5.74) is 5.16. The fourth-order valence-electron chi connectivity index (χ4n) is 1.28. The van der Waals surface area contributed by atoms with Crippen molar-refractivity contribution in [1.29, 1.82) is 0 Å². The molecule has 94 valence electrons. The van der Waals surface area contributed by atoms with Crippen LogP contribution in [-0.2, 0) is 0 Å². The van der Waals surface area contributed by atoms with Crippen molar-refractivity contribution in [3.05, 3.63) is 30.1 Å². The van der Waals surface area contributed by atoms with E-state index in [0.717, 1.165) is 0 Å². The molecule has 0 saturated heterocycles. The molecular weight excluding hydrogens is 235 g/mol. The minimum absolute atomic E-state index is 0.0230. The van der Waals surface area contributed by atoms with Crippen LogP contribution in [-0.4, -0.2) is 41.6 Å². The van der Waals surface area contributed by atoms with Crippen LogP contribution in [0.2, 0.25) is 0 Å². The van der Waals surface area contributed by atoms with Crippen LogP contribution in [0.15, 0.2) is 24.4 Å². The second-order valence-corrected chi connectivity index (χ2v) is 3.35. The maximum Gasteiger partial charge on any atom is 0.406 e. The van der Waals surface area contributed by atoms with Crippen LogP contribution in [0, 0.1) is 0 Å². The van der Waals surface area contributed by atoms with Crippen LogP contribution in [0.4, 0.5) is 13.2 Å². The lowest BCUT2D eigenvalue weighted by atomic mass is 10.3. The van der Waals surface area contributed by atoms with Gasteiger partial charge in [-0.25, -0.2) is 0 Å². The summed E-state index contributed by atoms with van der Waals surface area (Å²) >= 11 is 0. The quantitative estimate of drug-likeness (QED) is 0.865. The zero-order valence-corrected chi connectivity index (χ0v) is 8.94. The molecule has 0 atom stereocenters. The van der Waals surface area contributed by atoms with Crippen LogP contribution in [0.5, 0.6) is 0 Å². The predicted molar refractivity (Wildman–Crippen MR) is 55.2 cm³/mol. The van der Waals surface area contributed by atoms with Gasteiger partial charge >= 0.3 is 6.18 Å². The summed E-state index contributed by atoms with van der Waals surface area (Å²) in [6.07, 6.45) is -3.10. The van der Waals surface area contributed by atoms with Crippen molar-refractivity contribution in [3.8, 4) is 0 Å². The van der Waals surface area contributed by atoms with Gasteiger partial charge in [-0.15, -0.1) is 0 Å². The number of aromatic nitrogens is 1. The second-order valence-electron chi connectivity index (χ2n) is 3.35.